The zero-order valence-corrected chi connectivity index (χ0v) is 13.5. The first-order valence-electron chi connectivity index (χ1n) is 8.68. The van der Waals surface area contributed by atoms with Gasteiger partial charge in [0.05, 0.1) is 0 Å². The van der Waals surface area contributed by atoms with Crippen LogP contribution in [0.4, 0.5) is 5.69 Å². The lowest BCUT2D eigenvalue weighted by Crippen LogP contribution is -2.32. The van der Waals surface area contributed by atoms with Gasteiger partial charge in [-0.2, -0.15) is 0 Å². The molecular weight excluding hydrogens is 282 g/mol. The Bertz CT molecular complexity index is 964. The molecule has 2 aromatic carbocycles. The van der Waals surface area contributed by atoms with Crippen molar-refractivity contribution in [3.8, 4) is 11.5 Å². The second kappa shape index (κ2) is 4.64. The fourth-order valence-electron chi connectivity index (χ4n) is 4.59. The first-order chi connectivity index (χ1) is 11.2. The standard InChI is InChI=1S/C21H21NO/c1-12-16-9-8-15(22)11-19(16)23-21-17-7-3-5-13-4-2-6-14(20(13)17)10-18(12)21/h8-11H,2-7,22H2,1H3. The van der Waals surface area contributed by atoms with Crippen molar-refractivity contribution in [2.24, 2.45) is 0 Å². The van der Waals surface area contributed by atoms with E-state index < -0.39 is 0 Å². The van der Waals surface area contributed by atoms with Crippen LogP contribution in [0, 0.1) is 0 Å². The summed E-state index contributed by atoms with van der Waals surface area (Å²) in [7, 11) is 0. The van der Waals surface area contributed by atoms with Crippen LogP contribution in [0.1, 0.15) is 49.3 Å². The van der Waals surface area contributed by atoms with E-state index in [9.17, 15) is 0 Å². The highest BCUT2D eigenvalue weighted by Crippen LogP contribution is 2.37. The van der Waals surface area contributed by atoms with Crippen molar-refractivity contribution in [3.05, 3.63) is 51.4 Å². The summed E-state index contributed by atoms with van der Waals surface area (Å²) in [4.78, 5) is 0. The molecule has 2 aliphatic carbocycles. The molecular formula is C21H21NO. The van der Waals surface area contributed by atoms with E-state index in [0.29, 0.717) is 0 Å². The molecule has 1 aliphatic heterocycles. The summed E-state index contributed by atoms with van der Waals surface area (Å²) in [6.07, 6.45) is 7.44. The van der Waals surface area contributed by atoms with Crippen LogP contribution in [-0.2, 0) is 12.8 Å². The summed E-state index contributed by atoms with van der Waals surface area (Å²) in [6, 6.07) is 8.41. The van der Waals surface area contributed by atoms with Crippen LogP contribution in [-0.4, -0.2) is 0 Å². The Labute approximate surface area is 136 Å². The Morgan fingerprint density at radius 3 is 2.70 bits per heavy atom. The van der Waals surface area contributed by atoms with Crippen molar-refractivity contribution < 1.29 is 4.74 Å². The van der Waals surface area contributed by atoms with Gasteiger partial charge in [0.1, 0.15) is 11.5 Å². The van der Waals surface area contributed by atoms with Gasteiger partial charge in [-0.3, -0.25) is 0 Å². The molecule has 0 aromatic heterocycles. The molecule has 0 spiro atoms. The molecule has 1 heterocycles. The highest BCUT2D eigenvalue weighted by Gasteiger charge is 2.25. The fraction of sp³-hybridized carbons (Fsp3) is 0.333. The van der Waals surface area contributed by atoms with E-state index in [-0.39, 0.29) is 0 Å². The molecule has 5 rings (SSSR count). The first kappa shape index (κ1) is 13.2. The van der Waals surface area contributed by atoms with Crippen LogP contribution in [0.3, 0.4) is 0 Å². The van der Waals surface area contributed by atoms with E-state index >= 15 is 0 Å². The van der Waals surface area contributed by atoms with Crippen molar-refractivity contribution in [1.29, 1.82) is 0 Å². The SMILES string of the molecule is CC1=c2cc3c4c(c2Oc2cc(N)ccc21)CCCC=4CCC3. The maximum absolute atomic E-state index is 6.38. The highest BCUT2D eigenvalue weighted by atomic mass is 16.5. The zero-order valence-electron chi connectivity index (χ0n) is 13.5. The monoisotopic (exact) mass is 303 g/mol. The molecule has 0 amide bonds. The third-order valence-corrected chi connectivity index (χ3v) is 5.67. The number of rotatable bonds is 0. The molecule has 2 aromatic rings. The molecule has 0 saturated heterocycles. The molecule has 0 fully saturated rings. The Kier molecular flexibility index (Phi) is 2.67. The predicted molar refractivity (Wildman–Crippen MR) is 94.1 cm³/mol. The number of anilines is 1. The Morgan fingerprint density at radius 1 is 1.00 bits per heavy atom. The van der Waals surface area contributed by atoms with Gasteiger partial charge in [-0.1, -0.05) is 5.57 Å². The summed E-state index contributed by atoms with van der Waals surface area (Å²) in [5.41, 5.74) is 13.9. The molecule has 0 saturated carbocycles. The zero-order chi connectivity index (χ0) is 15.6. The van der Waals surface area contributed by atoms with Gasteiger partial charge in [0.25, 0.3) is 0 Å². The van der Waals surface area contributed by atoms with Gasteiger partial charge in [-0.15, -0.1) is 0 Å². The number of benzene rings is 2. The van der Waals surface area contributed by atoms with Crippen LogP contribution in [0.5, 0.6) is 11.5 Å². The van der Waals surface area contributed by atoms with E-state index in [4.69, 9.17) is 10.5 Å². The lowest BCUT2D eigenvalue weighted by molar-refractivity contribution is 0.462. The van der Waals surface area contributed by atoms with Gasteiger partial charge < -0.3 is 10.5 Å². The minimum Gasteiger partial charge on any atom is -0.456 e. The van der Waals surface area contributed by atoms with Crippen LogP contribution >= 0.6 is 0 Å². The minimum atomic E-state index is 0.763. The molecule has 116 valence electrons. The molecule has 2 heteroatoms. The molecule has 2 N–H and O–H groups in total. The van der Waals surface area contributed by atoms with E-state index in [2.05, 4.69) is 19.1 Å². The van der Waals surface area contributed by atoms with Gasteiger partial charge in [0.2, 0.25) is 0 Å². The van der Waals surface area contributed by atoms with E-state index in [1.54, 1.807) is 16.4 Å². The second-order valence-electron chi connectivity index (χ2n) is 7.06. The summed E-state index contributed by atoms with van der Waals surface area (Å²) in [5.74, 6) is 2.01. The van der Waals surface area contributed by atoms with Crippen molar-refractivity contribution in [1.82, 2.24) is 0 Å². The third-order valence-electron chi connectivity index (χ3n) is 5.67. The molecule has 0 atom stereocenters. The van der Waals surface area contributed by atoms with E-state index in [0.717, 1.165) is 23.6 Å². The van der Waals surface area contributed by atoms with E-state index in [1.807, 2.05) is 12.1 Å². The van der Waals surface area contributed by atoms with Crippen molar-refractivity contribution in [2.45, 2.75) is 45.4 Å². The Hall–Kier alpha value is -2.22. The maximum Gasteiger partial charge on any atom is 0.138 e. The largest absolute Gasteiger partial charge is 0.456 e. The van der Waals surface area contributed by atoms with Crippen LogP contribution < -0.4 is 20.9 Å². The van der Waals surface area contributed by atoms with Gasteiger partial charge >= 0.3 is 0 Å². The average molecular weight is 303 g/mol. The molecule has 2 nitrogen and oxygen atoms in total. The third kappa shape index (κ3) is 1.81. The second-order valence-corrected chi connectivity index (χ2v) is 7.06. The van der Waals surface area contributed by atoms with Crippen LogP contribution in [0.2, 0.25) is 0 Å². The first-order valence-corrected chi connectivity index (χ1v) is 8.68. The Balaban J connectivity index is 1.91. The summed E-state index contributed by atoms with van der Waals surface area (Å²) < 4.78 is 6.38. The van der Waals surface area contributed by atoms with Gasteiger partial charge in [-0.25, -0.2) is 0 Å². The van der Waals surface area contributed by atoms with Crippen LogP contribution in [0.25, 0.3) is 11.1 Å². The summed E-state index contributed by atoms with van der Waals surface area (Å²) in [5, 5.41) is 2.83. The lowest BCUT2D eigenvalue weighted by Gasteiger charge is -2.28. The summed E-state index contributed by atoms with van der Waals surface area (Å²) >= 11 is 0. The van der Waals surface area contributed by atoms with Gasteiger partial charge in [0.15, 0.2) is 0 Å². The van der Waals surface area contributed by atoms with Gasteiger partial charge in [0, 0.05) is 28.1 Å². The molecule has 0 radical (unpaired) electrons. The molecule has 0 bridgehead atoms. The van der Waals surface area contributed by atoms with Gasteiger partial charge in [-0.05, 0) is 80.0 Å². The smallest absolute Gasteiger partial charge is 0.138 e. The molecule has 0 unspecified atom stereocenters. The minimum absolute atomic E-state index is 0.763. The van der Waals surface area contributed by atoms with Crippen molar-refractivity contribution in [2.75, 3.05) is 5.73 Å². The number of nitrogens with two attached hydrogens (primary N) is 1. The molecule has 3 aliphatic rings. The fourth-order valence-corrected chi connectivity index (χ4v) is 4.59. The molecule has 23 heavy (non-hydrogen) atoms. The number of fused-ring (bicyclic) bond motifs is 3. The van der Waals surface area contributed by atoms with Crippen molar-refractivity contribution in [3.63, 3.8) is 0 Å². The number of hydrogen-bond acceptors (Lipinski definition) is 2. The number of hydrogen-bond donors (Lipinski definition) is 1. The summed E-state index contributed by atoms with van der Waals surface area (Å²) in [6.45, 7) is 2.21. The highest BCUT2D eigenvalue weighted by molar-refractivity contribution is 5.76. The predicted octanol–water partition coefficient (Wildman–Crippen LogP) is 3.42. The number of nitrogen functional groups attached to an aromatic ring is 1. The number of aryl methyl sites for hydroxylation is 1. The van der Waals surface area contributed by atoms with E-state index in [1.165, 1.54) is 54.0 Å². The maximum atomic E-state index is 6.38. The Morgan fingerprint density at radius 2 is 1.83 bits per heavy atom. The van der Waals surface area contributed by atoms with Crippen LogP contribution in [0.15, 0.2) is 24.3 Å². The lowest BCUT2D eigenvalue weighted by atomic mass is 9.81. The average Bonchev–Trinajstić information content (AvgIpc) is 2.56. The normalized spacial score (nSPS) is 18.0. The topological polar surface area (TPSA) is 35.2 Å². The quantitative estimate of drug-likeness (QED) is 0.757. The van der Waals surface area contributed by atoms with Crippen molar-refractivity contribution >= 4 is 16.8 Å². The number of ether oxygens (including phenoxy) is 1.